The molecule has 21 heavy (non-hydrogen) atoms. The Kier molecular flexibility index (Phi) is 4.68. The van der Waals surface area contributed by atoms with Gasteiger partial charge < -0.3 is 5.21 Å². The molecule has 5 heteroatoms. The minimum absolute atomic E-state index is 0.0793. The van der Waals surface area contributed by atoms with E-state index in [-0.39, 0.29) is 11.5 Å². The van der Waals surface area contributed by atoms with Gasteiger partial charge >= 0.3 is 0 Å². The van der Waals surface area contributed by atoms with Crippen molar-refractivity contribution in [3.8, 4) is 0 Å². The zero-order chi connectivity index (χ0) is 15.2. The molecular formula is C16H17N3O2. The first kappa shape index (κ1) is 14.7. The summed E-state index contributed by atoms with van der Waals surface area (Å²) in [7, 11) is 0. The largest absolute Gasteiger partial charge is 0.410 e. The van der Waals surface area contributed by atoms with Crippen molar-refractivity contribution in [2.24, 2.45) is 10.1 Å². The number of nitrogens with one attached hydrogen (secondary N) is 1. The summed E-state index contributed by atoms with van der Waals surface area (Å²) >= 11 is 0. The number of oxime groups is 1. The maximum atomic E-state index is 9.32. The summed E-state index contributed by atoms with van der Waals surface area (Å²) < 4.78 is 0. The molecule has 108 valence electrons. The third-order valence-electron chi connectivity index (χ3n) is 3.06. The Morgan fingerprint density at radius 3 is 2.33 bits per heavy atom. The summed E-state index contributed by atoms with van der Waals surface area (Å²) in [5, 5.41) is 21.8. The summed E-state index contributed by atoms with van der Waals surface area (Å²) in [5.41, 5.74) is 5.59. The lowest BCUT2D eigenvalue weighted by atomic mass is 10.1. The molecule has 0 amide bonds. The normalized spacial score (nSPS) is 12.3. The number of hydrogen-bond donors (Lipinski definition) is 3. The average molecular weight is 283 g/mol. The van der Waals surface area contributed by atoms with Crippen LogP contribution in [0, 0.1) is 13.8 Å². The number of aryl methyl sites for hydroxylation is 2. The van der Waals surface area contributed by atoms with Crippen molar-refractivity contribution >= 4 is 17.2 Å². The van der Waals surface area contributed by atoms with Crippen LogP contribution in [0.4, 0.5) is 5.69 Å². The highest BCUT2D eigenvalue weighted by Crippen LogP contribution is 2.20. The lowest BCUT2D eigenvalue weighted by Gasteiger charge is -2.09. The molecule has 0 fully saturated rings. The van der Waals surface area contributed by atoms with E-state index in [9.17, 15) is 10.4 Å². The molecule has 0 spiro atoms. The van der Waals surface area contributed by atoms with E-state index in [1.54, 1.807) is 12.1 Å². The summed E-state index contributed by atoms with van der Waals surface area (Å²) in [5.74, 6) is 0.0793. The van der Waals surface area contributed by atoms with E-state index in [1.165, 1.54) is 0 Å². The Labute approximate surface area is 123 Å². The number of hydrogen-bond acceptors (Lipinski definition) is 4. The Morgan fingerprint density at radius 1 is 1.05 bits per heavy atom. The molecule has 0 saturated heterocycles. The van der Waals surface area contributed by atoms with E-state index in [0.717, 1.165) is 11.1 Å². The summed E-state index contributed by atoms with van der Waals surface area (Å²) in [6.07, 6.45) is 0. The van der Waals surface area contributed by atoms with Gasteiger partial charge in [-0.3, -0.25) is 10.7 Å². The Bertz CT molecular complexity index is 679. The predicted molar refractivity (Wildman–Crippen MR) is 82.7 cm³/mol. The minimum Gasteiger partial charge on any atom is -0.410 e. The van der Waals surface area contributed by atoms with Crippen molar-refractivity contribution < 1.29 is 10.4 Å². The van der Waals surface area contributed by atoms with Crippen LogP contribution < -0.4 is 5.48 Å². The van der Waals surface area contributed by atoms with Gasteiger partial charge in [0.25, 0.3) is 0 Å². The lowest BCUT2D eigenvalue weighted by molar-refractivity contribution is 0.236. The van der Waals surface area contributed by atoms with Gasteiger partial charge in [-0.2, -0.15) is 0 Å². The fourth-order valence-corrected chi connectivity index (χ4v) is 2.02. The maximum Gasteiger partial charge on any atom is 0.180 e. The van der Waals surface area contributed by atoms with Crippen LogP contribution in [0.15, 0.2) is 58.7 Å². The van der Waals surface area contributed by atoms with Crippen LogP contribution in [0.25, 0.3) is 0 Å². The fourth-order valence-electron chi connectivity index (χ4n) is 2.02. The number of amidine groups is 1. The molecular weight excluding hydrogens is 266 g/mol. The van der Waals surface area contributed by atoms with Crippen LogP contribution in [0.2, 0.25) is 0 Å². The quantitative estimate of drug-likeness (QED) is 0.350. The maximum absolute atomic E-state index is 9.32. The summed E-state index contributed by atoms with van der Waals surface area (Å²) in [4.78, 5) is 4.33. The Balaban J connectivity index is 2.45. The van der Waals surface area contributed by atoms with E-state index >= 15 is 0 Å². The SMILES string of the molecule is Cc1ccc(N=C(NO)C(=NO)c2ccccc2)c(C)c1. The van der Waals surface area contributed by atoms with Gasteiger partial charge in [0.1, 0.15) is 0 Å². The smallest absolute Gasteiger partial charge is 0.180 e. The first-order valence-corrected chi connectivity index (χ1v) is 6.49. The van der Waals surface area contributed by atoms with Crippen LogP contribution in [0.5, 0.6) is 0 Å². The van der Waals surface area contributed by atoms with E-state index in [1.807, 2.05) is 55.7 Å². The van der Waals surface area contributed by atoms with Crippen LogP contribution in [0.3, 0.4) is 0 Å². The minimum atomic E-state index is 0.0793. The van der Waals surface area contributed by atoms with E-state index in [2.05, 4.69) is 10.1 Å². The summed E-state index contributed by atoms with van der Waals surface area (Å²) in [6.45, 7) is 3.93. The first-order chi connectivity index (χ1) is 10.2. The van der Waals surface area contributed by atoms with Gasteiger partial charge in [-0.1, -0.05) is 53.2 Å². The topological polar surface area (TPSA) is 77.2 Å². The number of benzene rings is 2. The van der Waals surface area contributed by atoms with Gasteiger partial charge in [0.05, 0.1) is 5.69 Å². The van der Waals surface area contributed by atoms with Gasteiger partial charge in [0.15, 0.2) is 11.5 Å². The van der Waals surface area contributed by atoms with E-state index in [4.69, 9.17) is 0 Å². The van der Waals surface area contributed by atoms with Crippen LogP contribution >= 0.6 is 0 Å². The number of nitrogens with zero attached hydrogens (tertiary/aromatic N) is 2. The van der Waals surface area contributed by atoms with E-state index in [0.29, 0.717) is 11.3 Å². The molecule has 0 radical (unpaired) electrons. The van der Waals surface area contributed by atoms with Crippen molar-refractivity contribution in [1.29, 1.82) is 0 Å². The zero-order valence-corrected chi connectivity index (χ0v) is 11.9. The monoisotopic (exact) mass is 283 g/mol. The standard InChI is InChI=1S/C16H17N3O2/c1-11-8-9-14(12(2)10-11)17-16(19-21)15(18-20)13-6-4-3-5-7-13/h3-10,20-21H,1-2H3,(H,17,19). The summed E-state index contributed by atoms with van der Waals surface area (Å²) in [6, 6.07) is 14.8. The highest BCUT2D eigenvalue weighted by molar-refractivity contribution is 6.47. The Morgan fingerprint density at radius 2 is 1.76 bits per heavy atom. The Hall–Kier alpha value is -2.66. The highest BCUT2D eigenvalue weighted by atomic mass is 16.5. The molecule has 0 aliphatic heterocycles. The predicted octanol–water partition coefficient (Wildman–Crippen LogP) is 3.19. The molecule has 0 aliphatic carbocycles. The van der Waals surface area contributed by atoms with E-state index < -0.39 is 0 Å². The third-order valence-corrected chi connectivity index (χ3v) is 3.06. The second-order valence-electron chi connectivity index (χ2n) is 4.68. The van der Waals surface area contributed by atoms with Crippen molar-refractivity contribution in [3.63, 3.8) is 0 Å². The molecule has 0 aliphatic rings. The number of rotatable bonds is 3. The van der Waals surface area contributed by atoms with Crippen molar-refractivity contribution in [2.45, 2.75) is 13.8 Å². The fraction of sp³-hybridized carbons (Fsp3) is 0.125. The van der Waals surface area contributed by atoms with Crippen molar-refractivity contribution in [2.75, 3.05) is 0 Å². The molecule has 0 atom stereocenters. The molecule has 0 saturated carbocycles. The van der Waals surface area contributed by atoms with Crippen molar-refractivity contribution in [3.05, 3.63) is 65.2 Å². The third kappa shape index (κ3) is 3.46. The second-order valence-corrected chi connectivity index (χ2v) is 4.68. The van der Waals surface area contributed by atoms with Crippen LogP contribution in [-0.2, 0) is 0 Å². The van der Waals surface area contributed by atoms with Crippen LogP contribution in [0.1, 0.15) is 16.7 Å². The molecule has 5 nitrogen and oxygen atoms in total. The highest BCUT2D eigenvalue weighted by Gasteiger charge is 2.12. The lowest BCUT2D eigenvalue weighted by Crippen LogP contribution is -2.29. The molecule has 2 aromatic rings. The molecule has 2 rings (SSSR count). The molecule has 0 unspecified atom stereocenters. The van der Waals surface area contributed by atoms with Gasteiger partial charge in [-0.15, -0.1) is 0 Å². The van der Waals surface area contributed by atoms with Gasteiger partial charge in [-0.05, 0) is 25.5 Å². The molecule has 0 heterocycles. The zero-order valence-electron chi connectivity index (χ0n) is 11.9. The van der Waals surface area contributed by atoms with Gasteiger partial charge in [0.2, 0.25) is 0 Å². The van der Waals surface area contributed by atoms with Gasteiger partial charge in [-0.25, -0.2) is 4.99 Å². The van der Waals surface area contributed by atoms with Crippen LogP contribution in [-0.4, -0.2) is 22.0 Å². The molecule has 3 N–H and O–H groups in total. The number of hydroxylamine groups is 1. The molecule has 0 aromatic heterocycles. The second kappa shape index (κ2) is 6.67. The molecule has 0 bridgehead atoms. The number of aliphatic imine (C=N–C) groups is 1. The first-order valence-electron chi connectivity index (χ1n) is 6.49. The molecule has 2 aromatic carbocycles. The average Bonchev–Trinajstić information content (AvgIpc) is 2.50. The van der Waals surface area contributed by atoms with Gasteiger partial charge in [0, 0.05) is 5.56 Å². The van der Waals surface area contributed by atoms with Crippen molar-refractivity contribution in [1.82, 2.24) is 5.48 Å².